The molecule has 0 atom stereocenters. The highest BCUT2D eigenvalue weighted by Crippen LogP contribution is 2.28. The number of aromatic nitrogens is 5. The molecule has 11 nitrogen and oxygen atoms in total. The summed E-state index contributed by atoms with van der Waals surface area (Å²) in [5.74, 6) is 0.947. The second-order valence-electron chi connectivity index (χ2n) is 9.95. The van der Waals surface area contributed by atoms with Gasteiger partial charge in [0.15, 0.2) is 5.65 Å². The molecule has 0 saturated carbocycles. The summed E-state index contributed by atoms with van der Waals surface area (Å²) in [6.45, 7) is 5.99. The van der Waals surface area contributed by atoms with Crippen LogP contribution in [-0.4, -0.2) is 68.5 Å². The van der Waals surface area contributed by atoms with Gasteiger partial charge in [-0.3, -0.25) is 14.3 Å². The number of rotatable bonds is 8. The maximum absolute atomic E-state index is 12.1. The Morgan fingerprint density at radius 3 is 2.41 bits per heavy atom. The highest BCUT2D eigenvalue weighted by atomic mass is 16.1. The molecule has 0 aliphatic carbocycles. The molecule has 3 aromatic heterocycles. The first-order valence-electron chi connectivity index (χ1n) is 13.7. The van der Waals surface area contributed by atoms with Crippen molar-refractivity contribution in [1.29, 1.82) is 0 Å². The second kappa shape index (κ2) is 11.6. The van der Waals surface area contributed by atoms with Gasteiger partial charge in [0.05, 0.1) is 23.8 Å². The van der Waals surface area contributed by atoms with Crippen LogP contribution in [-0.2, 0) is 4.79 Å². The molecular formula is C30H32N10O. The molecule has 11 heteroatoms. The van der Waals surface area contributed by atoms with E-state index in [0.29, 0.717) is 35.2 Å². The number of carbonyl (C=O) groups excluding carboxylic acids is 1. The van der Waals surface area contributed by atoms with Crippen molar-refractivity contribution in [3.8, 4) is 5.69 Å². The van der Waals surface area contributed by atoms with E-state index in [2.05, 4.69) is 54.9 Å². The smallest absolute Gasteiger partial charge is 0.229 e. The Morgan fingerprint density at radius 1 is 0.854 bits per heavy atom. The molecule has 2 aromatic carbocycles. The Kier molecular flexibility index (Phi) is 7.42. The largest absolute Gasteiger partial charge is 0.369 e. The molecule has 208 valence electrons. The van der Waals surface area contributed by atoms with Crippen LogP contribution in [0.4, 0.5) is 34.6 Å². The van der Waals surface area contributed by atoms with Gasteiger partial charge >= 0.3 is 0 Å². The number of likely N-dealkylation sites (N-methyl/N-ethyl adjacent to an activating group) is 1. The molecule has 5 aromatic rings. The summed E-state index contributed by atoms with van der Waals surface area (Å²) in [7, 11) is 2.16. The molecule has 4 heterocycles. The summed E-state index contributed by atoms with van der Waals surface area (Å²) in [5.41, 5.74) is 5.60. The number of carbonyl (C=O) groups is 1. The van der Waals surface area contributed by atoms with Gasteiger partial charge < -0.3 is 25.8 Å². The number of hydrogen-bond acceptors (Lipinski definition) is 9. The third-order valence-electron chi connectivity index (χ3n) is 7.02. The zero-order valence-electron chi connectivity index (χ0n) is 23.1. The predicted octanol–water partition coefficient (Wildman–Crippen LogP) is 4.80. The first-order valence-corrected chi connectivity index (χ1v) is 13.7. The summed E-state index contributed by atoms with van der Waals surface area (Å²) < 4.78 is 1.91. The van der Waals surface area contributed by atoms with Crippen LogP contribution >= 0.6 is 0 Å². The average Bonchev–Trinajstić information content (AvgIpc) is 3.35. The van der Waals surface area contributed by atoms with Crippen molar-refractivity contribution in [2.24, 2.45) is 0 Å². The average molecular weight is 549 g/mol. The van der Waals surface area contributed by atoms with Crippen molar-refractivity contribution in [2.75, 3.05) is 54.1 Å². The third-order valence-corrected chi connectivity index (χ3v) is 7.02. The molecule has 41 heavy (non-hydrogen) atoms. The normalized spacial score (nSPS) is 13.8. The fourth-order valence-corrected chi connectivity index (χ4v) is 4.75. The maximum Gasteiger partial charge on any atom is 0.229 e. The van der Waals surface area contributed by atoms with Crippen LogP contribution in [0.2, 0.25) is 0 Å². The fourth-order valence-electron chi connectivity index (χ4n) is 4.75. The zero-order valence-corrected chi connectivity index (χ0v) is 23.1. The van der Waals surface area contributed by atoms with E-state index >= 15 is 0 Å². The minimum absolute atomic E-state index is 0.0567. The molecule has 0 unspecified atom stereocenters. The summed E-state index contributed by atoms with van der Waals surface area (Å²) in [6.07, 6.45) is 5.54. The van der Waals surface area contributed by atoms with E-state index in [4.69, 9.17) is 9.97 Å². The number of anilines is 6. The van der Waals surface area contributed by atoms with Crippen molar-refractivity contribution in [1.82, 2.24) is 29.4 Å². The summed E-state index contributed by atoms with van der Waals surface area (Å²) in [5, 5.41) is 9.62. The lowest BCUT2D eigenvalue weighted by atomic mass is 10.2. The number of piperazine rings is 1. The van der Waals surface area contributed by atoms with Crippen LogP contribution < -0.4 is 20.9 Å². The van der Waals surface area contributed by atoms with Gasteiger partial charge in [-0.05, 0) is 61.6 Å². The van der Waals surface area contributed by atoms with Gasteiger partial charge in [-0.2, -0.15) is 4.98 Å². The molecule has 6 rings (SSSR count). The first-order chi connectivity index (χ1) is 20.1. The molecule has 3 N–H and O–H groups in total. The molecule has 1 amide bonds. The Bertz CT molecular complexity index is 1640. The minimum Gasteiger partial charge on any atom is -0.369 e. The van der Waals surface area contributed by atoms with Gasteiger partial charge in [-0.25, -0.2) is 9.97 Å². The number of nitrogens with one attached hydrogen (secondary N) is 3. The monoisotopic (exact) mass is 548 g/mol. The molecule has 1 fully saturated rings. The Labute approximate surface area is 238 Å². The number of hydrogen-bond donors (Lipinski definition) is 3. The van der Waals surface area contributed by atoms with Crippen molar-refractivity contribution in [3.63, 3.8) is 0 Å². The molecule has 0 radical (unpaired) electrons. The predicted molar refractivity (Wildman–Crippen MR) is 163 cm³/mol. The van der Waals surface area contributed by atoms with E-state index in [1.807, 2.05) is 60.0 Å². The first kappa shape index (κ1) is 26.2. The molecule has 1 saturated heterocycles. The van der Waals surface area contributed by atoms with Crippen LogP contribution in [0.1, 0.15) is 13.3 Å². The summed E-state index contributed by atoms with van der Waals surface area (Å²) in [4.78, 5) is 35.2. The molecule has 0 spiro atoms. The third kappa shape index (κ3) is 5.94. The van der Waals surface area contributed by atoms with E-state index < -0.39 is 0 Å². The SMILES string of the molecule is CCC(=O)Nc1cccc(-n2c(Nc3cccnc3)nc3cnc(Nc4ccc(N5CCN(C)CC5)cc4)nc32)c1. The van der Waals surface area contributed by atoms with Crippen LogP contribution in [0.15, 0.2) is 79.3 Å². The lowest BCUT2D eigenvalue weighted by Gasteiger charge is -2.34. The van der Waals surface area contributed by atoms with Crippen molar-refractivity contribution in [3.05, 3.63) is 79.3 Å². The molecule has 1 aliphatic rings. The number of imidazole rings is 1. The Hall–Kier alpha value is -5.03. The van der Waals surface area contributed by atoms with E-state index in [9.17, 15) is 4.79 Å². The maximum atomic E-state index is 12.1. The Morgan fingerprint density at radius 2 is 1.66 bits per heavy atom. The van der Waals surface area contributed by atoms with Gasteiger partial charge in [-0.1, -0.05) is 13.0 Å². The van der Waals surface area contributed by atoms with Gasteiger partial charge in [0.25, 0.3) is 0 Å². The van der Waals surface area contributed by atoms with E-state index in [0.717, 1.165) is 43.2 Å². The standard InChI is InChI=1S/C30H32N10O/c1-3-27(41)33-22-6-4-8-25(18-22)40-28-26(36-30(40)35-23-7-5-13-31-19-23)20-32-29(37-28)34-21-9-11-24(12-10-21)39-16-14-38(2)15-17-39/h4-13,18-20H,3,14-17H2,1-2H3,(H,33,41)(H,35,36)(H,32,34,37). The lowest BCUT2D eigenvalue weighted by Crippen LogP contribution is -2.44. The number of fused-ring (bicyclic) bond motifs is 1. The zero-order chi connectivity index (χ0) is 28.2. The van der Waals surface area contributed by atoms with E-state index in [-0.39, 0.29) is 5.91 Å². The van der Waals surface area contributed by atoms with Crippen molar-refractivity contribution < 1.29 is 4.79 Å². The molecule has 1 aliphatic heterocycles. The van der Waals surface area contributed by atoms with Gasteiger partial charge in [0.2, 0.25) is 17.8 Å². The number of nitrogens with zero attached hydrogens (tertiary/aromatic N) is 7. The fraction of sp³-hybridized carbons (Fsp3) is 0.233. The van der Waals surface area contributed by atoms with Gasteiger partial charge in [0.1, 0.15) is 5.52 Å². The van der Waals surface area contributed by atoms with E-state index in [1.165, 1.54) is 5.69 Å². The van der Waals surface area contributed by atoms with Crippen LogP contribution in [0.5, 0.6) is 0 Å². The van der Waals surface area contributed by atoms with E-state index in [1.54, 1.807) is 18.6 Å². The number of amides is 1. The Balaban J connectivity index is 1.33. The van der Waals surface area contributed by atoms with Gasteiger partial charge in [-0.15, -0.1) is 0 Å². The number of benzene rings is 2. The van der Waals surface area contributed by atoms with Crippen LogP contribution in [0.3, 0.4) is 0 Å². The van der Waals surface area contributed by atoms with Crippen molar-refractivity contribution in [2.45, 2.75) is 13.3 Å². The topological polar surface area (TPSA) is 116 Å². The summed E-state index contributed by atoms with van der Waals surface area (Å²) in [6, 6.07) is 19.7. The highest BCUT2D eigenvalue weighted by molar-refractivity contribution is 5.91. The molecule has 0 bridgehead atoms. The lowest BCUT2D eigenvalue weighted by molar-refractivity contribution is -0.115. The minimum atomic E-state index is -0.0567. The van der Waals surface area contributed by atoms with Gasteiger partial charge in [0, 0.05) is 55.9 Å². The quantitative estimate of drug-likeness (QED) is 0.251. The molecular weight excluding hydrogens is 516 g/mol. The van der Waals surface area contributed by atoms with Crippen molar-refractivity contribution >= 4 is 51.7 Å². The number of pyridine rings is 1. The van der Waals surface area contributed by atoms with Crippen LogP contribution in [0, 0.1) is 0 Å². The highest BCUT2D eigenvalue weighted by Gasteiger charge is 2.17. The second-order valence-corrected chi connectivity index (χ2v) is 9.95. The summed E-state index contributed by atoms with van der Waals surface area (Å²) >= 11 is 0. The van der Waals surface area contributed by atoms with Crippen LogP contribution in [0.25, 0.3) is 16.9 Å².